The first kappa shape index (κ1) is 22.7. The van der Waals surface area contributed by atoms with E-state index in [1.165, 1.54) is 22.5 Å². The molecule has 3 rings (SSSR count). The van der Waals surface area contributed by atoms with Crippen LogP contribution in [0, 0.1) is 16.0 Å². The van der Waals surface area contributed by atoms with Gasteiger partial charge in [0.25, 0.3) is 5.69 Å². The standard InChI is InChI=1S/C19H19BrClN3O5S/c20-15-3-1-13(2-4-15)12-30(28,29)23-9-7-14(8-10-23)19(25)22-18-11-16(24(26)27)5-6-17(18)21/h1-6,11,14H,7-10,12H2,(H,22,25). The Kier molecular flexibility index (Phi) is 7.12. The Balaban J connectivity index is 1.59. The molecule has 0 radical (unpaired) electrons. The van der Waals surface area contributed by atoms with E-state index >= 15 is 0 Å². The molecule has 2 aromatic rings. The van der Waals surface area contributed by atoms with Gasteiger partial charge < -0.3 is 5.32 Å². The maximum absolute atomic E-state index is 12.7. The van der Waals surface area contributed by atoms with Crippen LogP contribution >= 0.6 is 27.5 Å². The van der Waals surface area contributed by atoms with Crippen molar-refractivity contribution in [3.63, 3.8) is 0 Å². The number of halogens is 2. The number of piperidine rings is 1. The topological polar surface area (TPSA) is 110 Å². The zero-order valence-corrected chi connectivity index (χ0v) is 18.9. The molecule has 0 atom stereocenters. The number of sulfonamides is 1. The van der Waals surface area contributed by atoms with Gasteiger partial charge >= 0.3 is 0 Å². The van der Waals surface area contributed by atoms with Gasteiger partial charge in [-0.1, -0.05) is 39.7 Å². The number of anilines is 1. The maximum Gasteiger partial charge on any atom is 0.271 e. The molecule has 1 N–H and O–H groups in total. The van der Waals surface area contributed by atoms with E-state index in [1.807, 2.05) is 0 Å². The molecule has 1 aliphatic rings. The monoisotopic (exact) mass is 515 g/mol. The first-order chi connectivity index (χ1) is 14.2. The lowest BCUT2D eigenvalue weighted by Gasteiger charge is -2.30. The summed E-state index contributed by atoms with van der Waals surface area (Å²) >= 11 is 9.35. The summed E-state index contributed by atoms with van der Waals surface area (Å²) in [5.41, 5.74) is 0.683. The second kappa shape index (κ2) is 9.42. The number of hydrogen-bond donors (Lipinski definition) is 1. The molecule has 11 heteroatoms. The zero-order chi connectivity index (χ0) is 21.9. The van der Waals surface area contributed by atoms with Gasteiger partial charge in [0.15, 0.2) is 0 Å². The largest absolute Gasteiger partial charge is 0.324 e. The van der Waals surface area contributed by atoms with E-state index in [1.54, 1.807) is 24.3 Å². The van der Waals surface area contributed by atoms with Gasteiger partial charge in [-0.25, -0.2) is 12.7 Å². The third kappa shape index (κ3) is 5.57. The first-order valence-electron chi connectivity index (χ1n) is 9.13. The molecule has 0 aromatic heterocycles. The zero-order valence-electron chi connectivity index (χ0n) is 15.8. The van der Waals surface area contributed by atoms with Gasteiger partial charge in [0.05, 0.1) is 21.4 Å². The molecule has 0 saturated carbocycles. The maximum atomic E-state index is 12.7. The highest BCUT2D eigenvalue weighted by molar-refractivity contribution is 9.10. The fraction of sp³-hybridized carbons (Fsp3) is 0.316. The summed E-state index contributed by atoms with van der Waals surface area (Å²) < 4.78 is 27.6. The number of carbonyl (C=O) groups excluding carboxylic acids is 1. The summed E-state index contributed by atoms with van der Waals surface area (Å²) in [5.74, 6) is -0.831. The molecule has 1 saturated heterocycles. The Labute approximate surface area is 187 Å². The van der Waals surface area contributed by atoms with Crippen LogP contribution in [0.15, 0.2) is 46.9 Å². The second-order valence-electron chi connectivity index (χ2n) is 6.97. The van der Waals surface area contributed by atoms with E-state index in [4.69, 9.17) is 11.6 Å². The second-order valence-corrected chi connectivity index (χ2v) is 10.3. The van der Waals surface area contributed by atoms with Crippen molar-refractivity contribution >= 4 is 54.8 Å². The van der Waals surface area contributed by atoms with Crippen molar-refractivity contribution in [2.24, 2.45) is 5.92 Å². The summed E-state index contributed by atoms with van der Waals surface area (Å²) in [6.45, 7) is 0.471. The minimum absolute atomic E-state index is 0.0968. The van der Waals surface area contributed by atoms with E-state index in [9.17, 15) is 23.3 Å². The van der Waals surface area contributed by atoms with Crippen LogP contribution < -0.4 is 5.32 Å². The van der Waals surface area contributed by atoms with E-state index < -0.39 is 20.9 Å². The van der Waals surface area contributed by atoms with Gasteiger partial charge in [0.2, 0.25) is 15.9 Å². The van der Waals surface area contributed by atoms with Crippen molar-refractivity contribution in [3.8, 4) is 0 Å². The summed E-state index contributed by atoms with van der Waals surface area (Å²) in [6.07, 6.45) is 0.718. The van der Waals surface area contributed by atoms with Crippen molar-refractivity contribution in [1.29, 1.82) is 0 Å². The summed E-state index contributed by atoms with van der Waals surface area (Å²) in [7, 11) is -3.49. The van der Waals surface area contributed by atoms with Crippen LogP contribution in [-0.2, 0) is 20.6 Å². The lowest BCUT2D eigenvalue weighted by molar-refractivity contribution is -0.384. The van der Waals surface area contributed by atoms with E-state index in [0.29, 0.717) is 18.4 Å². The van der Waals surface area contributed by atoms with Gasteiger partial charge in [-0.05, 0) is 36.6 Å². The molecule has 1 amide bonds. The quantitative estimate of drug-likeness (QED) is 0.457. The molecule has 1 heterocycles. The van der Waals surface area contributed by atoms with Gasteiger partial charge in [-0.2, -0.15) is 0 Å². The van der Waals surface area contributed by atoms with Gasteiger partial charge in [-0.3, -0.25) is 14.9 Å². The van der Waals surface area contributed by atoms with Gasteiger partial charge in [0.1, 0.15) is 0 Å². The number of carbonyl (C=O) groups is 1. The number of hydrogen-bond acceptors (Lipinski definition) is 5. The lowest BCUT2D eigenvalue weighted by atomic mass is 9.97. The number of benzene rings is 2. The highest BCUT2D eigenvalue weighted by Gasteiger charge is 2.31. The van der Waals surface area contributed by atoms with Crippen molar-refractivity contribution in [2.45, 2.75) is 18.6 Å². The summed E-state index contributed by atoms with van der Waals surface area (Å²) in [6, 6.07) is 10.9. The first-order valence-corrected chi connectivity index (χ1v) is 11.9. The Morgan fingerprint density at radius 2 is 1.83 bits per heavy atom. The molecule has 1 fully saturated rings. The molecular formula is C19H19BrClN3O5S. The predicted molar refractivity (Wildman–Crippen MR) is 118 cm³/mol. The van der Waals surface area contributed by atoms with Crippen molar-refractivity contribution < 1.29 is 18.1 Å². The van der Waals surface area contributed by atoms with Crippen LogP contribution in [0.1, 0.15) is 18.4 Å². The fourth-order valence-corrected chi connectivity index (χ4v) is 5.23. The third-order valence-electron chi connectivity index (χ3n) is 4.90. The number of nitro benzene ring substituents is 1. The minimum atomic E-state index is -3.49. The smallest absolute Gasteiger partial charge is 0.271 e. The Morgan fingerprint density at radius 3 is 2.43 bits per heavy atom. The summed E-state index contributed by atoms with van der Waals surface area (Å²) in [4.78, 5) is 22.9. The van der Waals surface area contributed by atoms with Crippen molar-refractivity contribution in [3.05, 3.63) is 67.6 Å². The van der Waals surface area contributed by atoms with Crippen LogP contribution in [0.4, 0.5) is 11.4 Å². The highest BCUT2D eigenvalue weighted by Crippen LogP contribution is 2.29. The van der Waals surface area contributed by atoms with Gasteiger partial charge in [0, 0.05) is 35.6 Å². The van der Waals surface area contributed by atoms with Crippen LogP contribution in [0.3, 0.4) is 0 Å². The van der Waals surface area contributed by atoms with Crippen LogP contribution in [0.5, 0.6) is 0 Å². The van der Waals surface area contributed by atoms with Crippen LogP contribution in [0.25, 0.3) is 0 Å². The van der Waals surface area contributed by atoms with Crippen molar-refractivity contribution in [2.75, 3.05) is 18.4 Å². The molecule has 0 unspecified atom stereocenters. The predicted octanol–water partition coefficient (Wildman–Crippen LogP) is 4.19. The number of nitrogens with zero attached hydrogens (tertiary/aromatic N) is 2. The van der Waals surface area contributed by atoms with E-state index in [0.717, 1.165) is 4.47 Å². The van der Waals surface area contributed by atoms with E-state index in [2.05, 4.69) is 21.2 Å². The average Bonchev–Trinajstić information content (AvgIpc) is 2.71. The fourth-order valence-electron chi connectivity index (χ4n) is 3.24. The molecule has 0 bridgehead atoms. The summed E-state index contributed by atoms with van der Waals surface area (Å²) in [5, 5.41) is 13.7. The van der Waals surface area contributed by atoms with Gasteiger partial charge in [-0.15, -0.1) is 0 Å². The molecule has 8 nitrogen and oxygen atoms in total. The van der Waals surface area contributed by atoms with Crippen molar-refractivity contribution in [1.82, 2.24) is 4.31 Å². The number of nitro groups is 1. The highest BCUT2D eigenvalue weighted by atomic mass is 79.9. The lowest BCUT2D eigenvalue weighted by Crippen LogP contribution is -2.41. The third-order valence-corrected chi connectivity index (χ3v) is 7.61. The number of rotatable bonds is 6. The number of amides is 1. The number of nitrogens with one attached hydrogen (secondary N) is 1. The van der Waals surface area contributed by atoms with Crippen LogP contribution in [-0.4, -0.2) is 36.6 Å². The Hall–Kier alpha value is -2.01. The molecule has 30 heavy (non-hydrogen) atoms. The Morgan fingerprint density at radius 1 is 1.20 bits per heavy atom. The average molecular weight is 517 g/mol. The molecule has 2 aromatic carbocycles. The minimum Gasteiger partial charge on any atom is -0.324 e. The molecule has 0 spiro atoms. The number of non-ortho nitro benzene ring substituents is 1. The van der Waals surface area contributed by atoms with Crippen LogP contribution in [0.2, 0.25) is 5.02 Å². The molecular weight excluding hydrogens is 498 g/mol. The molecule has 1 aliphatic heterocycles. The Bertz CT molecular complexity index is 1050. The molecule has 0 aliphatic carbocycles. The molecule has 160 valence electrons. The SMILES string of the molecule is O=C(Nc1cc([N+](=O)[O-])ccc1Cl)C1CCN(S(=O)(=O)Cc2ccc(Br)cc2)CC1. The normalized spacial score (nSPS) is 15.7. The van der Waals surface area contributed by atoms with E-state index in [-0.39, 0.29) is 41.1 Å².